The van der Waals surface area contributed by atoms with Crippen LogP contribution in [0.5, 0.6) is 0 Å². The fourth-order valence-electron chi connectivity index (χ4n) is 3.95. The molecular formula is C24H18N4. The van der Waals surface area contributed by atoms with E-state index in [0.29, 0.717) is 5.65 Å². The second-order valence-electron chi connectivity index (χ2n) is 6.63. The van der Waals surface area contributed by atoms with E-state index < -0.39 is 5.54 Å². The minimum atomic E-state index is -0.617. The number of rotatable bonds is 4. The molecule has 0 amide bonds. The Labute approximate surface area is 163 Å². The lowest BCUT2D eigenvalue weighted by molar-refractivity contribution is 0.526. The lowest BCUT2D eigenvalue weighted by Crippen LogP contribution is -2.37. The van der Waals surface area contributed by atoms with Crippen LogP contribution in [0.15, 0.2) is 110 Å². The zero-order valence-corrected chi connectivity index (χ0v) is 15.2. The van der Waals surface area contributed by atoms with Crippen molar-refractivity contribution in [1.82, 2.24) is 19.5 Å². The van der Waals surface area contributed by atoms with Crippen LogP contribution in [0, 0.1) is 0 Å². The first-order chi connectivity index (χ1) is 13.9. The first-order valence-electron chi connectivity index (χ1n) is 9.22. The van der Waals surface area contributed by atoms with Crippen LogP contribution in [0.1, 0.15) is 16.7 Å². The van der Waals surface area contributed by atoms with Gasteiger partial charge in [0.05, 0.1) is 0 Å². The maximum absolute atomic E-state index is 4.62. The Kier molecular flexibility index (Phi) is 3.95. The third-order valence-corrected chi connectivity index (χ3v) is 5.12. The third kappa shape index (κ3) is 2.42. The molecule has 0 saturated heterocycles. The molecule has 0 unspecified atom stereocenters. The maximum Gasteiger partial charge on any atom is 0.197 e. The molecule has 0 N–H and O–H groups in total. The molecule has 2 aromatic heterocycles. The highest BCUT2D eigenvalue weighted by atomic mass is 15.2. The standard InChI is InChI=1S/C24H18N4/c1-4-10-19(11-5-1)24(20-12-6-2-7-13-20,21-14-8-3-9-15-21)28-18-27-22-23(28)26-17-16-25-22/h1-18H. The first kappa shape index (κ1) is 16.4. The fraction of sp³-hybridized carbons (Fsp3) is 0.0417. The Morgan fingerprint density at radius 2 is 1.00 bits per heavy atom. The van der Waals surface area contributed by atoms with Gasteiger partial charge in [-0.25, -0.2) is 15.0 Å². The Morgan fingerprint density at radius 3 is 1.50 bits per heavy atom. The number of imidazole rings is 1. The predicted molar refractivity (Wildman–Crippen MR) is 110 cm³/mol. The van der Waals surface area contributed by atoms with Crippen molar-refractivity contribution in [3.63, 3.8) is 0 Å². The zero-order valence-electron chi connectivity index (χ0n) is 15.2. The molecule has 28 heavy (non-hydrogen) atoms. The summed E-state index contributed by atoms with van der Waals surface area (Å²) in [6.07, 6.45) is 5.23. The van der Waals surface area contributed by atoms with Gasteiger partial charge in [-0.3, -0.25) is 4.57 Å². The van der Waals surface area contributed by atoms with Crippen molar-refractivity contribution < 1.29 is 0 Å². The number of hydrogen-bond donors (Lipinski definition) is 0. The Balaban J connectivity index is 1.96. The molecule has 0 radical (unpaired) electrons. The fourth-order valence-corrected chi connectivity index (χ4v) is 3.95. The van der Waals surface area contributed by atoms with E-state index in [0.717, 1.165) is 22.3 Å². The average Bonchev–Trinajstić information content (AvgIpc) is 3.21. The van der Waals surface area contributed by atoms with Gasteiger partial charge in [-0.1, -0.05) is 91.0 Å². The van der Waals surface area contributed by atoms with E-state index in [1.54, 1.807) is 12.4 Å². The van der Waals surface area contributed by atoms with Crippen molar-refractivity contribution in [1.29, 1.82) is 0 Å². The highest BCUT2D eigenvalue weighted by molar-refractivity contribution is 5.68. The molecule has 0 saturated carbocycles. The maximum atomic E-state index is 4.62. The quantitative estimate of drug-likeness (QED) is 0.437. The highest BCUT2D eigenvalue weighted by Gasteiger charge is 2.39. The molecule has 0 aliphatic carbocycles. The van der Waals surface area contributed by atoms with E-state index in [1.807, 2.05) is 24.5 Å². The summed E-state index contributed by atoms with van der Waals surface area (Å²) in [5.74, 6) is 0. The third-order valence-electron chi connectivity index (χ3n) is 5.12. The molecule has 4 heteroatoms. The zero-order chi connectivity index (χ0) is 18.8. The second kappa shape index (κ2) is 6.74. The number of nitrogens with zero attached hydrogens (tertiary/aromatic N) is 4. The van der Waals surface area contributed by atoms with Gasteiger partial charge in [0.25, 0.3) is 0 Å². The minimum Gasteiger partial charge on any atom is -0.295 e. The monoisotopic (exact) mass is 362 g/mol. The Hall–Kier alpha value is -3.79. The number of benzene rings is 3. The van der Waals surface area contributed by atoms with Crippen molar-refractivity contribution in [2.45, 2.75) is 5.54 Å². The van der Waals surface area contributed by atoms with Gasteiger partial charge in [0.1, 0.15) is 11.9 Å². The SMILES string of the molecule is c1ccc(C(c2ccccc2)(c2ccccc2)n2cnc3nccnc32)cc1. The van der Waals surface area contributed by atoms with Gasteiger partial charge in [-0.15, -0.1) is 0 Å². The first-order valence-corrected chi connectivity index (χ1v) is 9.22. The molecule has 0 fully saturated rings. The summed E-state index contributed by atoms with van der Waals surface area (Å²) < 4.78 is 2.13. The molecule has 0 aliphatic heterocycles. The summed E-state index contributed by atoms with van der Waals surface area (Å²) in [6, 6.07) is 31.5. The van der Waals surface area contributed by atoms with E-state index in [1.165, 1.54) is 0 Å². The van der Waals surface area contributed by atoms with Crippen LogP contribution in [0.25, 0.3) is 11.3 Å². The van der Waals surface area contributed by atoms with Crippen molar-refractivity contribution in [3.8, 4) is 0 Å². The average molecular weight is 362 g/mol. The molecule has 0 atom stereocenters. The lowest BCUT2D eigenvalue weighted by atomic mass is 9.76. The molecular weight excluding hydrogens is 344 g/mol. The van der Waals surface area contributed by atoms with E-state index in [2.05, 4.69) is 92.3 Å². The Bertz CT molecular complexity index is 1100. The van der Waals surface area contributed by atoms with Gasteiger partial charge in [0.2, 0.25) is 0 Å². The predicted octanol–water partition coefficient (Wildman–Crippen LogP) is 4.67. The van der Waals surface area contributed by atoms with Crippen molar-refractivity contribution >= 4 is 11.3 Å². The summed E-state index contributed by atoms with van der Waals surface area (Å²) in [5.41, 5.74) is 4.18. The second-order valence-corrected chi connectivity index (χ2v) is 6.63. The van der Waals surface area contributed by atoms with Crippen molar-refractivity contribution in [3.05, 3.63) is 126 Å². The van der Waals surface area contributed by atoms with Crippen LogP contribution in [0.3, 0.4) is 0 Å². The van der Waals surface area contributed by atoms with Crippen LogP contribution >= 0.6 is 0 Å². The number of fused-ring (bicyclic) bond motifs is 1. The largest absolute Gasteiger partial charge is 0.295 e. The summed E-state index contributed by atoms with van der Waals surface area (Å²) in [6.45, 7) is 0. The summed E-state index contributed by atoms with van der Waals surface area (Å²) in [5, 5.41) is 0. The molecule has 5 rings (SSSR count). The van der Waals surface area contributed by atoms with Gasteiger partial charge in [0, 0.05) is 12.4 Å². The van der Waals surface area contributed by atoms with Gasteiger partial charge >= 0.3 is 0 Å². The molecule has 0 aliphatic rings. The van der Waals surface area contributed by atoms with Gasteiger partial charge in [0.15, 0.2) is 11.3 Å². The van der Waals surface area contributed by atoms with Crippen molar-refractivity contribution in [2.24, 2.45) is 0 Å². The summed E-state index contributed by atoms with van der Waals surface area (Å²) in [4.78, 5) is 13.6. The lowest BCUT2D eigenvalue weighted by Gasteiger charge is -2.37. The van der Waals surface area contributed by atoms with E-state index in [-0.39, 0.29) is 0 Å². The van der Waals surface area contributed by atoms with E-state index >= 15 is 0 Å². The highest BCUT2D eigenvalue weighted by Crippen LogP contribution is 2.41. The Morgan fingerprint density at radius 1 is 0.536 bits per heavy atom. The smallest absolute Gasteiger partial charge is 0.197 e. The molecule has 0 bridgehead atoms. The van der Waals surface area contributed by atoms with E-state index in [4.69, 9.17) is 0 Å². The van der Waals surface area contributed by atoms with Gasteiger partial charge < -0.3 is 0 Å². The number of hydrogen-bond acceptors (Lipinski definition) is 3. The molecule has 3 aromatic carbocycles. The topological polar surface area (TPSA) is 43.6 Å². The summed E-state index contributed by atoms with van der Waals surface area (Å²) in [7, 11) is 0. The van der Waals surface area contributed by atoms with E-state index in [9.17, 15) is 0 Å². The number of aromatic nitrogens is 4. The van der Waals surface area contributed by atoms with Crippen LogP contribution < -0.4 is 0 Å². The molecule has 4 nitrogen and oxygen atoms in total. The molecule has 2 heterocycles. The van der Waals surface area contributed by atoms with Gasteiger partial charge in [-0.05, 0) is 16.7 Å². The van der Waals surface area contributed by atoms with Crippen LogP contribution in [-0.2, 0) is 5.54 Å². The van der Waals surface area contributed by atoms with Gasteiger partial charge in [-0.2, -0.15) is 0 Å². The molecule has 0 spiro atoms. The molecule has 134 valence electrons. The normalized spacial score (nSPS) is 11.6. The van der Waals surface area contributed by atoms with Crippen LogP contribution in [-0.4, -0.2) is 19.5 Å². The van der Waals surface area contributed by atoms with Crippen LogP contribution in [0.4, 0.5) is 0 Å². The summed E-state index contributed by atoms with van der Waals surface area (Å²) >= 11 is 0. The van der Waals surface area contributed by atoms with Crippen LogP contribution in [0.2, 0.25) is 0 Å². The minimum absolute atomic E-state index is 0.617. The van der Waals surface area contributed by atoms with Crippen molar-refractivity contribution in [2.75, 3.05) is 0 Å². The molecule has 5 aromatic rings.